The minimum atomic E-state index is -1.03. The van der Waals surface area contributed by atoms with Crippen LogP contribution in [0.1, 0.15) is 17.3 Å². The van der Waals surface area contributed by atoms with Crippen molar-refractivity contribution >= 4 is 17.6 Å². The van der Waals surface area contributed by atoms with E-state index in [1.807, 2.05) is 0 Å². The Morgan fingerprint density at radius 1 is 1.05 bits per heavy atom. The van der Waals surface area contributed by atoms with Crippen molar-refractivity contribution < 1.29 is 18.7 Å². The van der Waals surface area contributed by atoms with E-state index in [0.29, 0.717) is 5.56 Å². The molecule has 1 amide bonds. The fourth-order valence-corrected chi connectivity index (χ4v) is 1.65. The Balaban J connectivity index is 1.97. The van der Waals surface area contributed by atoms with Gasteiger partial charge in [0.15, 0.2) is 6.10 Å². The Morgan fingerprint density at radius 2 is 1.67 bits per heavy atom. The highest BCUT2D eigenvalue weighted by Gasteiger charge is 2.19. The van der Waals surface area contributed by atoms with Crippen molar-refractivity contribution in [2.75, 3.05) is 5.32 Å². The monoisotopic (exact) mass is 287 g/mol. The summed E-state index contributed by atoms with van der Waals surface area (Å²) in [4.78, 5) is 23.7. The molecule has 0 spiro atoms. The Labute approximate surface area is 121 Å². The van der Waals surface area contributed by atoms with Crippen LogP contribution in [0.25, 0.3) is 0 Å². The van der Waals surface area contributed by atoms with Crippen LogP contribution in [0.15, 0.2) is 54.6 Å². The first-order valence-corrected chi connectivity index (χ1v) is 6.39. The molecule has 21 heavy (non-hydrogen) atoms. The van der Waals surface area contributed by atoms with E-state index in [0.717, 1.165) is 0 Å². The van der Waals surface area contributed by atoms with Crippen LogP contribution in [0.2, 0.25) is 0 Å². The predicted molar refractivity (Wildman–Crippen MR) is 76.3 cm³/mol. The summed E-state index contributed by atoms with van der Waals surface area (Å²) in [6.45, 7) is 1.43. The Kier molecular flexibility index (Phi) is 4.66. The zero-order valence-electron chi connectivity index (χ0n) is 11.4. The van der Waals surface area contributed by atoms with Crippen molar-refractivity contribution in [2.24, 2.45) is 0 Å². The number of para-hydroxylation sites is 1. The smallest absolute Gasteiger partial charge is 0.338 e. The summed E-state index contributed by atoms with van der Waals surface area (Å²) >= 11 is 0. The Bertz CT molecular complexity index is 643. The molecule has 4 nitrogen and oxygen atoms in total. The van der Waals surface area contributed by atoms with E-state index in [1.165, 1.54) is 25.1 Å². The Morgan fingerprint density at radius 3 is 2.33 bits per heavy atom. The quantitative estimate of drug-likeness (QED) is 0.879. The third-order valence-corrected chi connectivity index (χ3v) is 2.79. The van der Waals surface area contributed by atoms with Gasteiger partial charge in [-0.1, -0.05) is 30.3 Å². The number of ether oxygens (including phenoxy) is 1. The third-order valence-electron chi connectivity index (χ3n) is 2.79. The zero-order chi connectivity index (χ0) is 15.2. The fourth-order valence-electron chi connectivity index (χ4n) is 1.65. The van der Waals surface area contributed by atoms with E-state index in [1.54, 1.807) is 36.4 Å². The van der Waals surface area contributed by atoms with E-state index in [4.69, 9.17) is 4.74 Å². The molecule has 0 fully saturated rings. The van der Waals surface area contributed by atoms with Crippen molar-refractivity contribution in [2.45, 2.75) is 13.0 Å². The number of hydrogen-bond acceptors (Lipinski definition) is 3. The van der Waals surface area contributed by atoms with Gasteiger partial charge < -0.3 is 10.1 Å². The molecule has 0 aliphatic carbocycles. The summed E-state index contributed by atoms with van der Waals surface area (Å²) in [6, 6.07) is 14.1. The van der Waals surface area contributed by atoms with Crippen LogP contribution >= 0.6 is 0 Å². The first-order chi connectivity index (χ1) is 10.1. The molecule has 1 N–H and O–H groups in total. The number of rotatable bonds is 4. The SMILES string of the molecule is C[C@@H](OC(=O)c1ccccc1)C(=O)Nc1ccccc1F. The van der Waals surface area contributed by atoms with Crippen LogP contribution in [0.5, 0.6) is 0 Å². The van der Waals surface area contributed by atoms with Gasteiger partial charge in [0.1, 0.15) is 5.82 Å². The summed E-state index contributed by atoms with van der Waals surface area (Å²) in [6.07, 6.45) is -1.03. The van der Waals surface area contributed by atoms with Crippen LogP contribution in [0, 0.1) is 5.82 Å². The van der Waals surface area contributed by atoms with Gasteiger partial charge in [-0.3, -0.25) is 4.79 Å². The number of anilines is 1. The van der Waals surface area contributed by atoms with Gasteiger partial charge in [0.25, 0.3) is 5.91 Å². The Hall–Kier alpha value is -2.69. The van der Waals surface area contributed by atoms with Gasteiger partial charge in [-0.25, -0.2) is 9.18 Å². The second kappa shape index (κ2) is 6.65. The molecule has 0 bridgehead atoms. The van der Waals surface area contributed by atoms with E-state index < -0.39 is 23.8 Å². The van der Waals surface area contributed by atoms with Gasteiger partial charge in [0.05, 0.1) is 11.3 Å². The van der Waals surface area contributed by atoms with E-state index in [9.17, 15) is 14.0 Å². The maximum absolute atomic E-state index is 13.4. The highest BCUT2D eigenvalue weighted by atomic mass is 19.1. The molecule has 0 unspecified atom stereocenters. The molecule has 0 radical (unpaired) electrons. The molecule has 0 saturated heterocycles. The second-order valence-corrected chi connectivity index (χ2v) is 4.38. The predicted octanol–water partition coefficient (Wildman–Crippen LogP) is 3.01. The molecule has 1 atom stereocenters. The lowest BCUT2D eigenvalue weighted by molar-refractivity contribution is -0.123. The number of nitrogens with one attached hydrogen (secondary N) is 1. The maximum Gasteiger partial charge on any atom is 0.338 e. The molecule has 0 aromatic heterocycles. The largest absolute Gasteiger partial charge is 0.449 e. The summed E-state index contributed by atoms with van der Waals surface area (Å²) in [7, 11) is 0. The third kappa shape index (κ3) is 3.89. The first-order valence-electron chi connectivity index (χ1n) is 6.39. The standard InChI is InChI=1S/C16H14FNO3/c1-11(21-16(20)12-7-3-2-4-8-12)15(19)18-14-10-6-5-9-13(14)17/h2-11H,1H3,(H,18,19)/t11-/m1/s1. The fraction of sp³-hybridized carbons (Fsp3) is 0.125. The normalized spacial score (nSPS) is 11.5. The second-order valence-electron chi connectivity index (χ2n) is 4.38. The highest BCUT2D eigenvalue weighted by molar-refractivity contribution is 5.97. The van der Waals surface area contributed by atoms with Crippen molar-refractivity contribution in [3.63, 3.8) is 0 Å². The molecule has 5 heteroatoms. The molecule has 0 aliphatic rings. The van der Waals surface area contributed by atoms with Crippen LogP contribution in [0.4, 0.5) is 10.1 Å². The van der Waals surface area contributed by atoms with Crippen LogP contribution < -0.4 is 5.32 Å². The van der Waals surface area contributed by atoms with Gasteiger partial charge in [-0.05, 0) is 31.2 Å². The minimum absolute atomic E-state index is 0.0464. The van der Waals surface area contributed by atoms with Crippen molar-refractivity contribution in [1.82, 2.24) is 0 Å². The number of carbonyl (C=O) groups excluding carboxylic acids is 2. The van der Waals surface area contributed by atoms with Crippen molar-refractivity contribution in [3.8, 4) is 0 Å². The minimum Gasteiger partial charge on any atom is -0.449 e. The molecule has 108 valence electrons. The summed E-state index contributed by atoms with van der Waals surface area (Å²) in [5.41, 5.74) is 0.396. The summed E-state index contributed by atoms with van der Waals surface area (Å²) in [5, 5.41) is 2.38. The summed E-state index contributed by atoms with van der Waals surface area (Å²) < 4.78 is 18.5. The van der Waals surface area contributed by atoms with Crippen molar-refractivity contribution in [3.05, 3.63) is 66.0 Å². The van der Waals surface area contributed by atoms with Crippen LogP contribution in [0.3, 0.4) is 0 Å². The van der Waals surface area contributed by atoms with E-state index in [-0.39, 0.29) is 5.69 Å². The highest BCUT2D eigenvalue weighted by Crippen LogP contribution is 2.13. The van der Waals surface area contributed by atoms with Gasteiger partial charge in [-0.15, -0.1) is 0 Å². The number of halogens is 1. The number of esters is 1. The molecular weight excluding hydrogens is 273 g/mol. The summed E-state index contributed by atoms with van der Waals surface area (Å²) in [5.74, 6) is -1.75. The van der Waals surface area contributed by atoms with Gasteiger partial charge in [-0.2, -0.15) is 0 Å². The molecule has 2 aromatic rings. The molecule has 0 saturated carbocycles. The number of hydrogen-bond donors (Lipinski definition) is 1. The number of carbonyl (C=O) groups is 2. The first kappa shape index (κ1) is 14.7. The average molecular weight is 287 g/mol. The van der Waals surface area contributed by atoms with Crippen molar-refractivity contribution in [1.29, 1.82) is 0 Å². The number of benzene rings is 2. The molecule has 0 heterocycles. The van der Waals surface area contributed by atoms with Gasteiger partial charge in [0, 0.05) is 0 Å². The molecular formula is C16H14FNO3. The molecule has 2 aromatic carbocycles. The van der Waals surface area contributed by atoms with Crippen LogP contribution in [-0.4, -0.2) is 18.0 Å². The van der Waals surface area contributed by atoms with E-state index in [2.05, 4.69) is 5.32 Å². The number of amides is 1. The van der Waals surface area contributed by atoms with E-state index >= 15 is 0 Å². The lowest BCUT2D eigenvalue weighted by Crippen LogP contribution is -2.30. The lowest BCUT2D eigenvalue weighted by atomic mass is 10.2. The van der Waals surface area contributed by atoms with Crippen LogP contribution in [-0.2, 0) is 9.53 Å². The molecule has 0 aliphatic heterocycles. The van der Waals surface area contributed by atoms with Gasteiger partial charge in [0.2, 0.25) is 0 Å². The molecule has 2 rings (SSSR count). The zero-order valence-corrected chi connectivity index (χ0v) is 11.4. The van der Waals surface area contributed by atoms with Gasteiger partial charge >= 0.3 is 5.97 Å². The maximum atomic E-state index is 13.4. The lowest BCUT2D eigenvalue weighted by Gasteiger charge is -2.13. The topological polar surface area (TPSA) is 55.4 Å². The average Bonchev–Trinajstić information content (AvgIpc) is 2.50.